The summed E-state index contributed by atoms with van der Waals surface area (Å²) < 4.78 is 48.7. The number of thiazole rings is 1. The number of amides is 4. The molecule has 2 saturated carbocycles. The first-order valence-electron chi connectivity index (χ1n) is 18.7. The molecule has 1 unspecified atom stereocenters. The van der Waals surface area contributed by atoms with Crippen molar-refractivity contribution in [3.63, 3.8) is 0 Å². The van der Waals surface area contributed by atoms with Crippen molar-refractivity contribution < 1.29 is 36.7 Å². The van der Waals surface area contributed by atoms with Crippen molar-refractivity contribution in [1.29, 1.82) is 0 Å². The highest BCUT2D eigenvalue weighted by molar-refractivity contribution is 7.91. The number of aromatic nitrogens is 3. The summed E-state index contributed by atoms with van der Waals surface area (Å²) in [5.41, 5.74) is 2.30. The van der Waals surface area contributed by atoms with Gasteiger partial charge in [0.1, 0.15) is 40.1 Å². The van der Waals surface area contributed by atoms with Gasteiger partial charge >= 0.3 is 0 Å². The first-order chi connectivity index (χ1) is 26.3. The highest BCUT2D eigenvalue weighted by atomic mass is 32.2. The van der Waals surface area contributed by atoms with E-state index in [0.29, 0.717) is 65.9 Å². The fraction of sp³-hybridized carbons (Fsp3) is 0.500. The molecule has 55 heavy (non-hydrogen) atoms. The van der Waals surface area contributed by atoms with Crippen molar-refractivity contribution in [3.8, 4) is 5.88 Å². The summed E-state index contributed by atoms with van der Waals surface area (Å²) in [7, 11) is -3.97. The van der Waals surface area contributed by atoms with E-state index in [1.807, 2.05) is 13.0 Å². The molecular formula is C38H44FN7O7S2. The summed E-state index contributed by atoms with van der Waals surface area (Å²) in [6, 6.07) is 1.87. The number of carbonyl (C=O) groups is 4. The van der Waals surface area contributed by atoms with E-state index in [4.69, 9.17) is 4.74 Å². The number of hydrogen-bond donors (Lipinski definition) is 3. The van der Waals surface area contributed by atoms with Crippen LogP contribution < -0.4 is 20.1 Å². The molecule has 0 radical (unpaired) electrons. The number of rotatable bonds is 8. The van der Waals surface area contributed by atoms with Crippen molar-refractivity contribution in [2.45, 2.75) is 107 Å². The van der Waals surface area contributed by atoms with E-state index in [1.165, 1.54) is 23.1 Å². The zero-order valence-electron chi connectivity index (χ0n) is 30.7. The lowest BCUT2D eigenvalue weighted by atomic mass is 9.62. The average molecular weight is 794 g/mol. The second kappa shape index (κ2) is 15.4. The molecule has 292 valence electrons. The van der Waals surface area contributed by atoms with E-state index in [0.717, 1.165) is 24.2 Å². The van der Waals surface area contributed by atoms with Crippen LogP contribution in [0.2, 0.25) is 0 Å². The zero-order valence-corrected chi connectivity index (χ0v) is 32.3. The Morgan fingerprint density at radius 2 is 1.95 bits per heavy atom. The highest BCUT2D eigenvalue weighted by Gasteiger charge is 2.58. The van der Waals surface area contributed by atoms with E-state index < -0.39 is 74.4 Å². The molecule has 1 aromatic carbocycles. The highest BCUT2D eigenvalue weighted by Crippen LogP contribution is 2.45. The Bertz CT molecular complexity index is 2190. The number of nitrogens with zero attached hydrogens (tertiary/aromatic N) is 4. The molecule has 5 atom stereocenters. The quantitative estimate of drug-likeness (QED) is 0.283. The topological polar surface area (TPSA) is 190 Å². The summed E-state index contributed by atoms with van der Waals surface area (Å²) in [4.78, 5) is 71.7. The minimum atomic E-state index is -3.97. The summed E-state index contributed by atoms with van der Waals surface area (Å²) >= 11 is 1.16. The summed E-state index contributed by atoms with van der Waals surface area (Å²) in [5, 5.41) is 5.11. The lowest BCUT2D eigenvalue weighted by molar-refractivity contribution is -0.143. The van der Waals surface area contributed by atoms with Crippen LogP contribution in [-0.4, -0.2) is 87.4 Å². The predicted octanol–water partition coefficient (Wildman–Crippen LogP) is 3.80. The van der Waals surface area contributed by atoms with Crippen molar-refractivity contribution in [3.05, 3.63) is 70.1 Å². The van der Waals surface area contributed by atoms with Crippen molar-refractivity contribution >= 4 is 56.0 Å². The van der Waals surface area contributed by atoms with Gasteiger partial charge in [-0.15, -0.1) is 11.3 Å². The molecule has 17 heteroatoms. The summed E-state index contributed by atoms with van der Waals surface area (Å²) in [6.07, 6.45) is 7.20. The lowest BCUT2D eigenvalue weighted by Gasteiger charge is -2.49. The smallest absolute Gasteiger partial charge is 0.263 e. The Hall–Kier alpha value is -4.77. The van der Waals surface area contributed by atoms with Gasteiger partial charge in [0.25, 0.3) is 11.8 Å². The fourth-order valence-corrected chi connectivity index (χ4v) is 9.68. The molecule has 3 N–H and O–H groups in total. The Labute approximate surface area is 322 Å². The Morgan fingerprint density at radius 1 is 1.15 bits per heavy atom. The van der Waals surface area contributed by atoms with Crippen LogP contribution in [0.25, 0.3) is 11.0 Å². The van der Waals surface area contributed by atoms with Crippen LogP contribution >= 0.6 is 11.3 Å². The number of sulfonamides is 1. The number of halogens is 1. The molecule has 4 amide bonds. The van der Waals surface area contributed by atoms with Gasteiger partial charge < -0.3 is 20.3 Å². The molecule has 7 rings (SSSR count). The van der Waals surface area contributed by atoms with Crippen molar-refractivity contribution in [2.75, 3.05) is 6.54 Å². The number of allylic oxidation sites excluding steroid dienone is 1. The van der Waals surface area contributed by atoms with Crippen LogP contribution in [0.5, 0.6) is 5.88 Å². The maximum atomic E-state index is 14.6. The third kappa shape index (κ3) is 7.86. The van der Waals surface area contributed by atoms with Gasteiger partial charge in [-0.25, -0.2) is 27.8 Å². The SMILES string of the molecule is C=C1C[C@@]2(C(=O)NS(=O)(=O)C3CC3)NC(=O)[C@@H]3C[C@@H](Oc4nc5cc(F)ccc5nc4CC)CN3C(=O)[C@@H](NC(=O)c3scnc3C)CCCCC/C=C\C12. The first-order valence-corrected chi connectivity index (χ1v) is 21.1. The molecule has 2 aromatic heterocycles. The Kier molecular flexibility index (Phi) is 10.8. The van der Waals surface area contributed by atoms with E-state index in [9.17, 15) is 32.0 Å². The molecule has 0 bridgehead atoms. The molecule has 0 spiro atoms. The van der Waals surface area contributed by atoms with Gasteiger partial charge in [-0.1, -0.05) is 44.1 Å². The van der Waals surface area contributed by atoms with Gasteiger partial charge in [0.05, 0.1) is 34.0 Å². The summed E-state index contributed by atoms with van der Waals surface area (Å²) in [5.74, 6) is -3.58. The van der Waals surface area contributed by atoms with Gasteiger partial charge in [0.15, 0.2) is 0 Å². The molecule has 14 nitrogen and oxygen atoms in total. The Morgan fingerprint density at radius 3 is 2.65 bits per heavy atom. The lowest BCUT2D eigenvalue weighted by Crippen LogP contribution is -2.70. The van der Waals surface area contributed by atoms with Gasteiger partial charge in [-0.05, 0) is 57.6 Å². The van der Waals surface area contributed by atoms with Crippen molar-refractivity contribution in [2.24, 2.45) is 5.92 Å². The van der Waals surface area contributed by atoms with Crippen LogP contribution in [0.1, 0.15) is 85.8 Å². The zero-order chi connectivity index (χ0) is 39.1. The Balaban J connectivity index is 1.23. The fourth-order valence-electron chi connectivity index (χ4n) is 7.61. The molecular weight excluding hydrogens is 750 g/mol. The minimum absolute atomic E-state index is 0.00363. The molecule has 4 aliphatic rings. The number of ether oxygens (including phenoxy) is 1. The van der Waals surface area contributed by atoms with E-state index in [-0.39, 0.29) is 30.8 Å². The molecule has 2 aliphatic carbocycles. The normalized spacial score (nSPS) is 26.8. The molecule has 3 aromatic rings. The van der Waals surface area contributed by atoms with Gasteiger partial charge in [0.2, 0.25) is 27.7 Å². The number of hydrogen-bond acceptors (Lipinski definition) is 11. The average Bonchev–Trinajstić information content (AvgIpc) is 3.80. The maximum absolute atomic E-state index is 14.6. The molecule has 3 fully saturated rings. The minimum Gasteiger partial charge on any atom is -0.471 e. The van der Waals surface area contributed by atoms with E-state index >= 15 is 0 Å². The van der Waals surface area contributed by atoms with Gasteiger partial charge in [-0.2, -0.15) is 0 Å². The maximum Gasteiger partial charge on any atom is 0.263 e. The number of fused-ring (bicyclic) bond motifs is 3. The molecule has 4 heterocycles. The second-order valence-electron chi connectivity index (χ2n) is 14.8. The second-order valence-corrected chi connectivity index (χ2v) is 17.6. The summed E-state index contributed by atoms with van der Waals surface area (Å²) in [6.45, 7) is 7.60. The van der Waals surface area contributed by atoms with Gasteiger partial charge in [-0.3, -0.25) is 23.9 Å². The van der Waals surface area contributed by atoms with Crippen LogP contribution in [0.15, 0.2) is 48.0 Å². The number of benzene rings is 1. The van der Waals surface area contributed by atoms with Crippen LogP contribution in [-0.2, 0) is 30.8 Å². The standard InChI is InChI=1S/C38H44FN7O7S2/c1-4-27-35(43-30-16-23(39)12-15-28(30)41-27)53-24-17-31-33(47)44-38(37(50)45-55(51,52)25-13-14-25)18-21(2)26(38)10-8-6-5-7-9-11-29(36(49)46(31)19-24)42-34(48)32-22(3)40-20-54-32/h8,10,12,15-16,20,24-26,29,31H,2,4-7,9,11,13-14,17-19H2,1,3H3,(H,42,48)(H,44,47)(H,45,50)/b10-8-/t24-,26?,29+,31+,38-/m1/s1. The number of aryl methyl sites for hydroxylation is 2. The third-order valence-electron chi connectivity index (χ3n) is 10.8. The van der Waals surface area contributed by atoms with Gasteiger partial charge in [0, 0.05) is 24.8 Å². The van der Waals surface area contributed by atoms with Crippen molar-refractivity contribution in [1.82, 2.24) is 35.2 Å². The predicted molar refractivity (Wildman–Crippen MR) is 202 cm³/mol. The van der Waals surface area contributed by atoms with E-state index in [1.54, 1.807) is 18.5 Å². The van der Waals surface area contributed by atoms with Crippen LogP contribution in [0.4, 0.5) is 4.39 Å². The number of nitrogens with one attached hydrogen (secondary N) is 3. The monoisotopic (exact) mass is 793 g/mol. The van der Waals surface area contributed by atoms with Crippen LogP contribution in [0, 0.1) is 18.7 Å². The molecule has 2 aliphatic heterocycles. The van der Waals surface area contributed by atoms with E-state index in [2.05, 4.69) is 36.9 Å². The number of carbonyl (C=O) groups excluding carboxylic acids is 4. The largest absolute Gasteiger partial charge is 0.471 e. The third-order valence-corrected chi connectivity index (χ3v) is 13.5. The van der Waals surface area contributed by atoms with Crippen LogP contribution in [0.3, 0.4) is 0 Å². The first kappa shape index (κ1) is 38.5. The molecule has 1 saturated heterocycles.